The second-order valence-corrected chi connectivity index (χ2v) is 7.35. The minimum atomic E-state index is -1.00. The van der Waals surface area contributed by atoms with Crippen molar-refractivity contribution in [2.75, 3.05) is 13.1 Å². The SMILES string of the molecule is CC(C)(C)OC(=O)N1CCC(O)(c2ccc(C3OC=CO3)nc2)CC1. The predicted molar refractivity (Wildman–Crippen MR) is 89.2 cm³/mol. The van der Waals surface area contributed by atoms with E-state index in [1.54, 1.807) is 17.2 Å². The summed E-state index contributed by atoms with van der Waals surface area (Å²) in [5.41, 5.74) is -0.154. The Morgan fingerprint density at radius 2 is 1.92 bits per heavy atom. The highest BCUT2D eigenvalue weighted by Crippen LogP contribution is 2.33. The van der Waals surface area contributed by atoms with Gasteiger partial charge in [0.25, 0.3) is 6.29 Å². The molecule has 1 amide bonds. The van der Waals surface area contributed by atoms with E-state index in [-0.39, 0.29) is 6.09 Å². The molecule has 3 rings (SSSR count). The van der Waals surface area contributed by atoms with Crippen molar-refractivity contribution in [1.29, 1.82) is 0 Å². The number of aliphatic hydroxyl groups is 1. The van der Waals surface area contributed by atoms with Gasteiger partial charge in [-0.3, -0.25) is 4.98 Å². The van der Waals surface area contributed by atoms with E-state index < -0.39 is 17.5 Å². The quantitative estimate of drug-likeness (QED) is 0.885. The maximum atomic E-state index is 12.1. The first-order valence-corrected chi connectivity index (χ1v) is 8.40. The van der Waals surface area contributed by atoms with Gasteiger partial charge in [-0.05, 0) is 39.7 Å². The van der Waals surface area contributed by atoms with Crippen LogP contribution in [0, 0.1) is 0 Å². The van der Waals surface area contributed by atoms with E-state index in [1.807, 2.05) is 26.8 Å². The number of nitrogens with zero attached hydrogens (tertiary/aromatic N) is 2. The number of piperidine rings is 1. The average molecular weight is 348 g/mol. The molecule has 0 saturated carbocycles. The lowest BCUT2D eigenvalue weighted by atomic mass is 9.85. The number of hydrogen-bond donors (Lipinski definition) is 1. The lowest BCUT2D eigenvalue weighted by Gasteiger charge is -2.38. The van der Waals surface area contributed by atoms with Crippen LogP contribution in [0.5, 0.6) is 0 Å². The molecule has 0 unspecified atom stereocenters. The third-order valence-electron chi connectivity index (χ3n) is 4.27. The molecular formula is C18H24N2O5. The number of carbonyl (C=O) groups excluding carboxylic acids is 1. The summed E-state index contributed by atoms with van der Waals surface area (Å²) in [5, 5.41) is 10.9. The lowest BCUT2D eigenvalue weighted by Crippen LogP contribution is -2.46. The molecule has 1 aromatic heterocycles. The van der Waals surface area contributed by atoms with Crippen molar-refractivity contribution in [1.82, 2.24) is 9.88 Å². The van der Waals surface area contributed by atoms with Gasteiger partial charge >= 0.3 is 6.09 Å². The van der Waals surface area contributed by atoms with E-state index in [0.717, 1.165) is 5.56 Å². The van der Waals surface area contributed by atoms with Gasteiger partial charge in [-0.1, -0.05) is 6.07 Å². The standard InChI is InChI=1S/C18H24N2O5/c1-17(2,3)25-16(21)20-8-6-18(22,7-9-20)13-4-5-14(19-12-13)15-23-10-11-24-15/h4-5,10-12,15,22H,6-9H2,1-3H3. The summed E-state index contributed by atoms with van der Waals surface area (Å²) in [6.07, 6.45) is 4.59. The van der Waals surface area contributed by atoms with E-state index in [1.165, 1.54) is 12.5 Å². The third kappa shape index (κ3) is 4.04. The van der Waals surface area contributed by atoms with Crippen molar-refractivity contribution in [2.45, 2.75) is 51.1 Å². The first-order chi connectivity index (χ1) is 11.8. The van der Waals surface area contributed by atoms with Crippen molar-refractivity contribution < 1.29 is 24.1 Å². The predicted octanol–water partition coefficient (Wildman–Crippen LogP) is 2.82. The summed E-state index contributed by atoms with van der Waals surface area (Å²) < 4.78 is 15.9. The summed E-state index contributed by atoms with van der Waals surface area (Å²) in [5.74, 6) is 0. The van der Waals surface area contributed by atoms with E-state index in [0.29, 0.717) is 31.6 Å². The number of likely N-dealkylation sites (tertiary alicyclic amines) is 1. The van der Waals surface area contributed by atoms with Crippen molar-refractivity contribution in [2.24, 2.45) is 0 Å². The molecule has 0 aliphatic carbocycles. The Morgan fingerprint density at radius 1 is 1.28 bits per heavy atom. The zero-order valence-corrected chi connectivity index (χ0v) is 14.8. The topological polar surface area (TPSA) is 81.1 Å². The first kappa shape index (κ1) is 17.5. The van der Waals surface area contributed by atoms with Crippen LogP contribution in [0.1, 0.15) is 51.2 Å². The van der Waals surface area contributed by atoms with Crippen LogP contribution < -0.4 is 0 Å². The number of amides is 1. The number of rotatable bonds is 2. The van der Waals surface area contributed by atoms with Gasteiger partial charge in [-0.15, -0.1) is 0 Å². The fourth-order valence-corrected chi connectivity index (χ4v) is 2.87. The maximum absolute atomic E-state index is 12.1. The Balaban J connectivity index is 1.61. The van der Waals surface area contributed by atoms with Crippen molar-refractivity contribution in [3.05, 3.63) is 42.1 Å². The van der Waals surface area contributed by atoms with Gasteiger partial charge in [-0.2, -0.15) is 0 Å². The van der Waals surface area contributed by atoms with Crippen molar-refractivity contribution >= 4 is 6.09 Å². The fourth-order valence-electron chi connectivity index (χ4n) is 2.87. The van der Waals surface area contributed by atoms with Crippen molar-refractivity contribution in [3.8, 4) is 0 Å². The molecule has 0 spiro atoms. The van der Waals surface area contributed by atoms with Crippen LogP contribution in [-0.2, 0) is 19.8 Å². The van der Waals surface area contributed by atoms with E-state index in [4.69, 9.17) is 14.2 Å². The molecule has 1 aromatic rings. The minimum absolute atomic E-state index is 0.342. The molecule has 2 aliphatic rings. The molecule has 0 bridgehead atoms. The zero-order chi connectivity index (χ0) is 18.1. The fraction of sp³-hybridized carbons (Fsp3) is 0.556. The summed E-state index contributed by atoms with van der Waals surface area (Å²) in [6.45, 7) is 6.39. The highest BCUT2D eigenvalue weighted by Gasteiger charge is 2.37. The number of aromatic nitrogens is 1. The second kappa shape index (κ2) is 6.55. The molecule has 0 radical (unpaired) electrons. The molecule has 0 aromatic carbocycles. The normalized spacial score (nSPS) is 20.1. The molecule has 136 valence electrons. The lowest BCUT2D eigenvalue weighted by molar-refractivity contribution is -0.0371. The molecule has 7 nitrogen and oxygen atoms in total. The molecule has 3 heterocycles. The summed E-state index contributed by atoms with van der Waals surface area (Å²) in [4.78, 5) is 18.1. The molecule has 1 fully saturated rings. The van der Waals surface area contributed by atoms with Gasteiger partial charge < -0.3 is 24.2 Å². The van der Waals surface area contributed by atoms with Gasteiger partial charge in [0, 0.05) is 24.8 Å². The number of ether oxygens (including phenoxy) is 3. The van der Waals surface area contributed by atoms with Crippen LogP contribution in [0.2, 0.25) is 0 Å². The Morgan fingerprint density at radius 3 is 2.44 bits per heavy atom. The Labute approximate surface area is 147 Å². The average Bonchev–Trinajstić information content (AvgIpc) is 3.08. The molecular weight excluding hydrogens is 324 g/mol. The highest BCUT2D eigenvalue weighted by molar-refractivity contribution is 5.68. The van der Waals surface area contributed by atoms with Gasteiger partial charge in [0.05, 0.1) is 5.60 Å². The van der Waals surface area contributed by atoms with Crippen LogP contribution in [0.25, 0.3) is 0 Å². The van der Waals surface area contributed by atoms with E-state index >= 15 is 0 Å². The number of pyridine rings is 1. The van der Waals surface area contributed by atoms with Crippen LogP contribution in [-0.4, -0.2) is 39.8 Å². The Hall–Kier alpha value is -2.28. The number of hydrogen-bond acceptors (Lipinski definition) is 6. The molecule has 1 N–H and O–H groups in total. The molecule has 0 atom stereocenters. The third-order valence-corrected chi connectivity index (χ3v) is 4.27. The molecule has 1 saturated heterocycles. The van der Waals surface area contributed by atoms with Gasteiger partial charge in [-0.25, -0.2) is 4.79 Å². The largest absolute Gasteiger partial charge is 0.454 e. The Bertz CT molecular complexity index is 634. The van der Waals surface area contributed by atoms with E-state index in [2.05, 4.69) is 4.98 Å². The molecule has 25 heavy (non-hydrogen) atoms. The molecule has 2 aliphatic heterocycles. The van der Waals surface area contributed by atoms with Gasteiger partial charge in [0.15, 0.2) is 0 Å². The smallest absolute Gasteiger partial charge is 0.410 e. The van der Waals surface area contributed by atoms with Gasteiger partial charge in [0.1, 0.15) is 23.8 Å². The van der Waals surface area contributed by atoms with Crippen molar-refractivity contribution in [3.63, 3.8) is 0 Å². The summed E-state index contributed by atoms with van der Waals surface area (Å²) in [6, 6.07) is 3.61. The van der Waals surface area contributed by atoms with Crippen LogP contribution >= 0.6 is 0 Å². The van der Waals surface area contributed by atoms with Gasteiger partial charge in [0.2, 0.25) is 0 Å². The summed E-state index contributed by atoms with van der Waals surface area (Å²) in [7, 11) is 0. The highest BCUT2D eigenvalue weighted by atomic mass is 16.7. The van der Waals surface area contributed by atoms with Crippen LogP contribution in [0.4, 0.5) is 4.79 Å². The summed E-state index contributed by atoms with van der Waals surface area (Å²) >= 11 is 0. The van der Waals surface area contributed by atoms with Crippen LogP contribution in [0.3, 0.4) is 0 Å². The second-order valence-electron chi connectivity index (χ2n) is 7.35. The Kier molecular flexibility index (Phi) is 4.60. The maximum Gasteiger partial charge on any atom is 0.410 e. The first-order valence-electron chi connectivity index (χ1n) is 8.40. The monoisotopic (exact) mass is 348 g/mol. The van der Waals surface area contributed by atoms with E-state index in [9.17, 15) is 9.90 Å². The zero-order valence-electron chi connectivity index (χ0n) is 14.8. The minimum Gasteiger partial charge on any atom is -0.454 e. The van der Waals surface area contributed by atoms with Crippen LogP contribution in [0.15, 0.2) is 30.9 Å². The number of carbonyl (C=O) groups is 1. The molecule has 7 heteroatoms.